The van der Waals surface area contributed by atoms with E-state index in [2.05, 4.69) is 30.1 Å². The van der Waals surface area contributed by atoms with Gasteiger partial charge >= 0.3 is 0 Å². The molecule has 5 nitrogen and oxygen atoms in total. The van der Waals surface area contributed by atoms with Crippen molar-refractivity contribution in [1.82, 2.24) is 10.2 Å². The molecule has 1 unspecified atom stereocenters. The molecule has 0 bridgehead atoms. The molecule has 2 aromatic rings. The molecule has 0 spiro atoms. The van der Waals surface area contributed by atoms with Gasteiger partial charge in [-0.1, -0.05) is 30.3 Å². The van der Waals surface area contributed by atoms with Crippen LogP contribution in [0.15, 0.2) is 75.8 Å². The number of thiol groups is 1. The summed E-state index contributed by atoms with van der Waals surface area (Å²) in [6.07, 6.45) is 6.77. The molecule has 2 aliphatic rings. The number of aliphatic imine (C=N–C) groups is 1. The van der Waals surface area contributed by atoms with Gasteiger partial charge in [-0.3, -0.25) is 9.79 Å². The topological polar surface area (TPSA) is 70.7 Å². The first-order valence-electron chi connectivity index (χ1n) is 12.0. The summed E-state index contributed by atoms with van der Waals surface area (Å²) in [6.45, 7) is 2.48. The SMILES string of the molecule is N/C(C(=O)N1CCCCC1)=C1/CC(NCCc2ccc(S)cc2)CCC1=Nc1ccccc1. The molecule has 1 aliphatic carbocycles. The highest BCUT2D eigenvalue weighted by Crippen LogP contribution is 2.27. The number of nitrogens with one attached hydrogen (secondary N) is 1. The van der Waals surface area contributed by atoms with Gasteiger partial charge < -0.3 is 16.0 Å². The monoisotopic (exact) mass is 462 g/mol. The number of carbonyl (C=O) groups is 1. The van der Waals surface area contributed by atoms with Crippen molar-refractivity contribution in [2.75, 3.05) is 19.6 Å². The Balaban J connectivity index is 1.49. The average Bonchev–Trinajstić information content (AvgIpc) is 2.86. The van der Waals surface area contributed by atoms with Crippen molar-refractivity contribution in [2.24, 2.45) is 10.7 Å². The maximum absolute atomic E-state index is 13.2. The van der Waals surface area contributed by atoms with E-state index in [1.165, 1.54) is 12.0 Å². The van der Waals surface area contributed by atoms with E-state index in [0.29, 0.717) is 5.70 Å². The summed E-state index contributed by atoms with van der Waals surface area (Å²) in [5, 5.41) is 3.68. The molecule has 1 heterocycles. The van der Waals surface area contributed by atoms with Crippen molar-refractivity contribution in [3.8, 4) is 0 Å². The minimum atomic E-state index is -0.0297. The fraction of sp³-hybridized carbons (Fsp3) is 0.407. The summed E-state index contributed by atoms with van der Waals surface area (Å²) in [5.74, 6) is -0.0297. The average molecular weight is 463 g/mol. The van der Waals surface area contributed by atoms with Crippen LogP contribution in [0.5, 0.6) is 0 Å². The third-order valence-corrected chi connectivity index (χ3v) is 6.83. The summed E-state index contributed by atoms with van der Waals surface area (Å²) in [7, 11) is 0. The maximum Gasteiger partial charge on any atom is 0.270 e. The number of hydrogen-bond donors (Lipinski definition) is 3. The molecule has 2 fully saturated rings. The Labute approximate surface area is 202 Å². The van der Waals surface area contributed by atoms with Crippen LogP contribution < -0.4 is 11.1 Å². The van der Waals surface area contributed by atoms with Crippen LogP contribution in [-0.4, -0.2) is 42.2 Å². The van der Waals surface area contributed by atoms with Crippen LogP contribution in [0, 0.1) is 0 Å². The van der Waals surface area contributed by atoms with E-state index in [9.17, 15) is 4.79 Å². The molecule has 4 rings (SSSR count). The molecule has 6 heteroatoms. The molecule has 2 aromatic carbocycles. The minimum absolute atomic E-state index is 0.0297. The first-order valence-corrected chi connectivity index (χ1v) is 12.5. The smallest absolute Gasteiger partial charge is 0.270 e. The van der Waals surface area contributed by atoms with E-state index in [0.717, 1.165) is 80.0 Å². The summed E-state index contributed by atoms with van der Waals surface area (Å²) >= 11 is 4.36. The van der Waals surface area contributed by atoms with Crippen molar-refractivity contribution in [3.63, 3.8) is 0 Å². The standard InChI is InChI=1S/C27H34N4OS/c28-26(27(32)31-17-5-2-6-18-31)24-19-22(29-16-15-20-9-12-23(33)13-10-20)11-14-25(24)30-21-7-3-1-4-8-21/h1,3-4,7-10,12-13,22,29,33H,2,5-6,11,14-19,28H2/b26-24-,30-25?. The molecule has 174 valence electrons. The van der Waals surface area contributed by atoms with Crippen molar-refractivity contribution in [2.45, 2.75) is 55.9 Å². The molecule has 0 radical (unpaired) electrons. The number of rotatable bonds is 6. The molecule has 1 amide bonds. The van der Waals surface area contributed by atoms with Gasteiger partial charge in [-0.2, -0.15) is 0 Å². The molecular weight excluding hydrogens is 428 g/mol. The van der Waals surface area contributed by atoms with Crippen LogP contribution in [0.4, 0.5) is 5.69 Å². The lowest BCUT2D eigenvalue weighted by atomic mass is 9.86. The summed E-state index contributed by atoms with van der Waals surface area (Å²) in [4.78, 5) is 21.0. The van der Waals surface area contributed by atoms with Crippen molar-refractivity contribution in [3.05, 3.63) is 71.4 Å². The Kier molecular flexibility index (Phi) is 8.24. The van der Waals surface area contributed by atoms with E-state index in [1.807, 2.05) is 47.4 Å². The van der Waals surface area contributed by atoms with Crippen LogP contribution in [-0.2, 0) is 11.2 Å². The summed E-state index contributed by atoms with van der Waals surface area (Å²) in [5.41, 5.74) is 11.0. The quantitative estimate of drug-likeness (QED) is 0.432. The Hall–Kier alpha value is -2.57. The second-order valence-electron chi connectivity index (χ2n) is 8.95. The van der Waals surface area contributed by atoms with Crippen molar-refractivity contribution in [1.29, 1.82) is 0 Å². The van der Waals surface area contributed by atoms with Gasteiger partial charge in [0.2, 0.25) is 0 Å². The Morgan fingerprint density at radius 3 is 2.52 bits per heavy atom. The van der Waals surface area contributed by atoms with Gasteiger partial charge in [-0.25, -0.2) is 0 Å². The number of hydrogen-bond acceptors (Lipinski definition) is 5. The maximum atomic E-state index is 13.2. The lowest BCUT2D eigenvalue weighted by molar-refractivity contribution is -0.128. The van der Waals surface area contributed by atoms with Gasteiger partial charge in [0.1, 0.15) is 5.70 Å². The number of piperidine rings is 1. The zero-order valence-corrected chi connectivity index (χ0v) is 20.1. The molecular formula is C27H34N4OS. The van der Waals surface area contributed by atoms with Crippen LogP contribution in [0.25, 0.3) is 0 Å². The number of benzene rings is 2. The van der Waals surface area contributed by atoms with Crippen LogP contribution in [0.3, 0.4) is 0 Å². The van der Waals surface area contributed by atoms with Crippen LogP contribution in [0.2, 0.25) is 0 Å². The fourth-order valence-corrected chi connectivity index (χ4v) is 4.78. The number of amides is 1. The molecule has 1 atom stereocenters. The van der Waals surface area contributed by atoms with Crippen molar-refractivity contribution >= 4 is 29.9 Å². The van der Waals surface area contributed by atoms with E-state index in [1.54, 1.807) is 0 Å². The first kappa shape index (κ1) is 23.6. The molecule has 0 aromatic heterocycles. The number of nitrogens with zero attached hydrogens (tertiary/aromatic N) is 2. The van der Waals surface area contributed by atoms with Gasteiger partial charge in [0.05, 0.1) is 5.69 Å². The number of carbonyl (C=O) groups excluding carboxylic acids is 1. The van der Waals surface area contributed by atoms with Crippen molar-refractivity contribution < 1.29 is 4.79 Å². The Morgan fingerprint density at radius 1 is 1.06 bits per heavy atom. The molecule has 1 aliphatic heterocycles. The normalized spacial score (nSPS) is 21.8. The highest BCUT2D eigenvalue weighted by Gasteiger charge is 2.28. The van der Waals surface area contributed by atoms with E-state index in [-0.39, 0.29) is 11.9 Å². The molecule has 33 heavy (non-hydrogen) atoms. The van der Waals surface area contributed by atoms with Crippen LogP contribution in [0.1, 0.15) is 44.1 Å². The Morgan fingerprint density at radius 2 is 1.79 bits per heavy atom. The third kappa shape index (κ3) is 6.49. The van der Waals surface area contributed by atoms with E-state index in [4.69, 9.17) is 10.7 Å². The number of nitrogens with two attached hydrogens (primary N) is 1. The zero-order chi connectivity index (χ0) is 23.0. The lowest BCUT2D eigenvalue weighted by Crippen LogP contribution is -2.41. The van der Waals surface area contributed by atoms with Gasteiger partial charge in [-0.15, -0.1) is 12.6 Å². The van der Waals surface area contributed by atoms with E-state index >= 15 is 0 Å². The van der Waals surface area contributed by atoms with Gasteiger partial charge in [0.15, 0.2) is 0 Å². The van der Waals surface area contributed by atoms with E-state index < -0.39 is 0 Å². The van der Waals surface area contributed by atoms with Gasteiger partial charge in [0.25, 0.3) is 5.91 Å². The summed E-state index contributed by atoms with van der Waals surface area (Å²) < 4.78 is 0. The summed E-state index contributed by atoms with van der Waals surface area (Å²) in [6, 6.07) is 18.5. The van der Waals surface area contributed by atoms with Gasteiger partial charge in [-0.05, 0) is 81.3 Å². The number of para-hydroxylation sites is 1. The third-order valence-electron chi connectivity index (χ3n) is 6.53. The predicted molar refractivity (Wildman–Crippen MR) is 138 cm³/mol. The second kappa shape index (κ2) is 11.5. The van der Waals surface area contributed by atoms with Crippen LogP contribution >= 0.6 is 12.6 Å². The fourth-order valence-electron chi connectivity index (χ4n) is 4.63. The first-order chi connectivity index (χ1) is 16.1. The highest BCUT2D eigenvalue weighted by molar-refractivity contribution is 7.80. The lowest BCUT2D eigenvalue weighted by Gasteiger charge is -2.31. The minimum Gasteiger partial charge on any atom is -0.394 e. The second-order valence-corrected chi connectivity index (χ2v) is 9.47. The molecule has 1 saturated heterocycles. The molecule has 1 saturated carbocycles. The molecule has 3 N–H and O–H groups in total. The predicted octanol–water partition coefficient (Wildman–Crippen LogP) is 4.66. The number of likely N-dealkylation sites (tertiary alicyclic amines) is 1. The van der Waals surface area contributed by atoms with Gasteiger partial charge in [0, 0.05) is 35.3 Å². The highest BCUT2D eigenvalue weighted by atomic mass is 32.1. The largest absolute Gasteiger partial charge is 0.394 e. The Bertz CT molecular complexity index is 995. The zero-order valence-electron chi connectivity index (χ0n) is 19.2.